The van der Waals surface area contributed by atoms with Crippen molar-refractivity contribution >= 4 is 56.7 Å². The maximum atomic E-state index is 7.77. The lowest BCUT2D eigenvalue weighted by molar-refractivity contribution is 0.306. The van der Waals surface area contributed by atoms with Crippen LogP contribution in [0, 0.1) is 0 Å². The molecule has 0 amide bonds. The van der Waals surface area contributed by atoms with Crippen molar-refractivity contribution in [3.05, 3.63) is 248 Å². The highest BCUT2D eigenvalue weighted by Crippen LogP contribution is 2.54. The first-order valence-corrected chi connectivity index (χ1v) is 27.1. The van der Waals surface area contributed by atoms with Crippen LogP contribution in [0.15, 0.2) is 237 Å². The average molecular weight is 942 g/mol. The van der Waals surface area contributed by atoms with Gasteiger partial charge in [-0.1, -0.05) is 222 Å². The van der Waals surface area contributed by atoms with E-state index in [1.807, 2.05) is 0 Å². The molecule has 0 saturated heterocycles. The smallest absolute Gasteiger partial charge is 0.220 e. The largest absolute Gasteiger partial charge is 0.457 e. The number of benzene rings is 10. The van der Waals surface area contributed by atoms with E-state index in [0.717, 1.165) is 50.6 Å². The number of ether oxygens (including phenoxy) is 1. The van der Waals surface area contributed by atoms with Crippen LogP contribution < -0.4 is 25.5 Å². The molecular weight excluding hydrogens is 891 g/mol. The summed E-state index contributed by atoms with van der Waals surface area (Å²) in [6.45, 7) is 9.62. The minimum Gasteiger partial charge on any atom is -0.457 e. The molecule has 1 aliphatic carbocycles. The maximum absolute atomic E-state index is 7.77. The standard InChI is InChI=1S/C67H51N3OSi/c1-66(2)56-32-21-37-63(64(56)71-62-41-38-44(42-57(62)67(66,3)4)69-60-35-19-20-36-61(60)70-59-34-18-17-33-58(59)68-65(69)70)72(45-22-7-5-8-23-45,46-24-9-6-10-25-46)47-39-40-54-52-30-14-13-28-50(52)48-26-11-12-27-49(48)51-29-15-16-31-53(51)55(54)43-47/h5-43H,1-4H3. The van der Waals surface area contributed by atoms with Crippen LogP contribution >= 0.6 is 0 Å². The van der Waals surface area contributed by atoms with E-state index >= 15 is 0 Å². The molecule has 0 bridgehead atoms. The third kappa shape index (κ3) is 5.89. The van der Waals surface area contributed by atoms with Gasteiger partial charge in [0.25, 0.3) is 0 Å². The zero-order valence-electron chi connectivity index (χ0n) is 40.8. The Morgan fingerprint density at radius 3 is 1.50 bits per heavy atom. The van der Waals surface area contributed by atoms with Crippen molar-refractivity contribution in [2.75, 3.05) is 0 Å². The first-order chi connectivity index (χ1) is 35.2. The SMILES string of the molecule is CC1(C)c2cc(-n3c4ccccc4n4c5ccccc5nc34)ccc2Oc2c(cccc2[Si](c2ccccc2)(c2ccccc2)c2ccc3c(c2)-c2ccccc2-c2ccccc2-c2ccccc2-3)C1(C)C. The van der Waals surface area contributed by atoms with E-state index in [2.05, 4.69) is 273 Å². The molecule has 3 heterocycles. The fraction of sp³-hybridized carbons (Fsp3) is 0.0896. The van der Waals surface area contributed by atoms with Gasteiger partial charge in [-0.05, 0) is 108 Å². The van der Waals surface area contributed by atoms with Gasteiger partial charge in [0, 0.05) is 27.6 Å². The van der Waals surface area contributed by atoms with Crippen LogP contribution in [0.25, 0.3) is 78.0 Å². The molecule has 0 atom stereocenters. The third-order valence-corrected chi connectivity index (χ3v) is 21.5. The van der Waals surface area contributed by atoms with Crippen molar-refractivity contribution in [1.29, 1.82) is 0 Å². The molecule has 0 fully saturated rings. The van der Waals surface area contributed by atoms with Gasteiger partial charge >= 0.3 is 0 Å². The molecule has 0 unspecified atom stereocenters. The van der Waals surface area contributed by atoms with E-state index in [1.54, 1.807) is 0 Å². The van der Waals surface area contributed by atoms with Crippen LogP contribution in [0.4, 0.5) is 0 Å². The Labute approximate surface area is 421 Å². The number of rotatable bonds is 5. The summed E-state index contributed by atoms with van der Waals surface area (Å²) in [4.78, 5) is 5.25. The topological polar surface area (TPSA) is 31.5 Å². The summed E-state index contributed by atoms with van der Waals surface area (Å²) in [5.41, 5.74) is 16.8. The Hall–Kier alpha value is -8.51. The summed E-state index contributed by atoms with van der Waals surface area (Å²) in [6.07, 6.45) is 0. The second kappa shape index (κ2) is 15.7. The molecule has 344 valence electrons. The van der Waals surface area contributed by atoms with Crippen molar-refractivity contribution in [3.63, 3.8) is 0 Å². The lowest BCUT2D eigenvalue weighted by Crippen LogP contribution is -2.75. The molecule has 72 heavy (non-hydrogen) atoms. The van der Waals surface area contributed by atoms with Crippen molar-refractivity contribution in [3.8, 4) is 61.7 Å². The Morgan fingerprint density at radius 1 is 0.389 bits per heavy atom. The van der Waals surface area contributed by atoms with Crippen LogP contribution in [0.5, 0.6) is 11.5 Å². The van der Waals surface area contributed by atoms with Crippen LogP contribution in [-0.2, 0) is 10.8 Å². The number of aromatic nitrogens is 3. The summed E-state index contributed by atoms with van der Waals surface area (Å²) >= 11 is 0. The summed E-state index contributed by atoms with van der Waals surface area (Å²) in [6, 6.07) is 87.7. The highest BCUT2D eigenvalue weighted by Gasteiger charge is 2.50. The number of hydrogen-bond acceptors (Lipinski definition) is 2. The highest BCUT2D eigenvalue weighted by atomic mass is 28.3. The van der Waals surface area contributed by atoms with Crippen LogP contribution in [0.3, 0.4) is 0 Å². The van der Waals surface area contributed by atoms with Crippen molar-refractivity contribution < 1.29 is 4.74 Å². The molecule has 2 aromatic heterocycles. The van der Waals surface area contributed by atoms with Gasteiger partial charge in [-0.2, -0.15) is 0 Å². The van der Waals surface area contributed by atoms with Gasteiger partial charge in [-0.3, -0.25) is 8.97 Å². The molecule has 14 rings (SSSR count). The van der Waals surface area contributed by atoms with Gasteiger partial charge < -0.3 is 4.74 Å². The third-order valence-electron chi connectivity index (χ3n) is 16.7. The fourth-order valence-electron chi connectivity index (χ4n) is 12.5. The minimum atomic E-state index is -3.28. The second-order valence-electron chi connectivity index (χ2n) is 20.7. The van der Waals surface area contributed by atoms with Crippen molar-refractivity contribution in [2.24, 2.45) is 0 Å². The molecule has 0 spiro atoms. The van der Waals surface area contributed by atoms with Crippen LogP contribution in [0.2, 0.25) is 0 Å². The second-order valence-corrected chi connectivity index (χ2v) is 24.4. The summed E-state index contributed by atoms with van der Waals surface area (Å²) in [5, 5.41) is 5.12. The fourth-order valence-corrected chi connectivity index (χ4v) is 17.4. The Bertz CT molecular complexity index is 4100. The number of hydrogen-bond donors (Lipinski definition) is 0. The van der Waals surface area contributed by atoms with Crippen molar-refractivity contribution in [2.45, 2.75) is 38.5 Å². The Balaban J connectivity index is 1.04. The molecule has 12 aromatic rings. The highest BCUT2D eigenvalue weighted by molar-refractivity contribution is 7.20. The molecule has 10 aromatic carbocycles. The molecule has 0 N–H and O–H groups in total. The lowest BCUT2D eigenvalue weighted by atomic mass is 9.61. The van der Waals surface area contributed by atoms with Gasteiger partial charge in [0.15, 0.2) is 8.07 Å². The monoisotopic (exact) mass is 941 g/mol. The lowest BCUT2D eigenvalue weighted by Gasteiger charge is -2.42. The summed E-state index contributed by atoms with van der Waals surface area (Å²) < 4.78 is 12.4. The van der Waals surface area contributed by atoms with E-state index in [0.29, 0.717) is 0 Å². The zero-order chi connectivity index (χ0) is 48.3. The van der Waals surface area contributed by atoms with E-state index in [4.69, 9.17) is 9.72 Å². The van der Waals surface area contributed by atoms with Crippen LogP contribution in [-0.4, -0.2) is 22.0 Å². The van der Waals surface area contributed by atoms with Gasteiger partial charge in [0.1, 0.15) is 11.5 Å². The van der Waals surface area contributed by atoms with Gasteiger partial charge in [-0.15, -0.1) is 0 Å². The normalized spacial score (nSPS) is 14.2. The zero-order valence-corrected chi connectivity index (χ0v) is 41.8. The van der Waals surface area contributed by atoms with E-state index in [-0.39, 0.29) is 5.41 Å². The van der Waals surface area contributed by atoms with Gasteiger partial charge in [0.2, 0.25) is 5.78 Å². The number of fused-ring (bicyclic) bond motifs is 15. The van der Waals surface area contributed by atoms with Crippen LogP contribution in [0.1, 0.15) is 38.8 Å². The average Bonchev–Trinajstić information content (AvgIpc) is 3.94. The summed E-state index contributed by atoms with van der Waals surface area (Å²) in [5.74, 6) is 2.71. The van der Waals surface area contributed by atoms with Gasteiger partial charge in [0.05, 0.1) is 22.1 Å². The molecule has 2 aliphatic rings. The van der Waals surface area contributed by atoms with E-state index < -0.39 is 13.5 Å². The molecule has 0 saturated carbocycles. The molecule has 1 aliphatic heterocycles. The van der Waals surface area contributed by atoms with Gasteiger partial charge in [-0.25, -0.2) is 4.98 Å². The van der Waals surface area contributed by atoms with E-state index in [1.165, 1.54) is 70.8 Å². The molecule has 5 heteroatoms. The minimum absolute atomic E-state index is 0.388. The predicted octanol–water partition coefficient (Wildman–Crippen LogP) is 14.2. The molecular formula is C67H51N3OSi. The molecule has 4 nitrogen and oxygen atoms in total. The molecule has 0 radical (unpaired) electrons. The maximum Gasteiger partial charge on any atom is 0.220 e. The first kappa shape index (κ1) is 42.4. The Morgan fingerprint density at radius 2 is 0.889 bits per heavy atom. The Kier molecular flexibility index (Phi) is 9.27. The predicted molar refractivity (Wildman–Crippen MR) is 301 cm³/mol. The first-order valence-electron chi connectivity index (χ1n) is 25.1. The number of imidazole rings is 2. The quantitative estimate of drug-likeness (QED) is 0.127. The van der Waals surface area contributed by atoms with E-state index in [9.17, 15) is 0 Å². The van der Waals surface area contributed by atoms with Crippen molar-refractivity contribution in [1.82, 2.24) is 14.0 Å². The summed E-state index contributed by atoms with van der Waals surface area (Å²) in [7, 11) is -3.28. The number of nitrogens with zero attached hydrogens (tertiary/aromatic N) is 3. The number of para-hydroxylation sites is 5.